The quantitative estimate of drug-likeness (QED) is 0.516. The molecular formula is C22H37FN2O2. The maximum Gasteiger partial charge on any atom is 0.223 e. The molecule has 1 saturated carbocycles. The van der Waals surface area contributed by atoms with E-state index in [-0.39, 0.29) is 24.1 Å². The van der Waals surface area contributed by atoms with Crippen LogP contribution in [-0.4, -0.2) is 55.4 Å². The minimum atomic E-state index is -0.194. The number of halogens is 1. The first kappa shape index (κ1) is 19.6. The highest BCUT2D eigenvalue weighted by Crippen LogP contribution is 2.54. The predicted octanol–water partition coefficient (Wildman–Crippen LogP) is 3.69. The number of carbonyl (C=O) groups is 1. The number of carbonyl (C=O) groups excluding carboxylic acids is 1. The van der Waals surface area contributed by atoms with E-state index in [1.807, 2.05) is 0 Å². The van der Waals surface area contributed by atoms with Crippen LogP contribution in [0.25, 0.3) is 0 Å². The van der Waals surface area contributed by atoms with Crippen LogP contribution in [0.3, 0.4) is 0 Å². The maximum absolute atomic E-state index is 12.7. The van der Waals surface area contributed by atoms with Gasteiger partial charge in [0.2, 0.25) is 5.91 Å². The third-order valence-corrected chi connectivity index (χ3v) is 7.70. The zero-order valence-electron chi connectivity index (χ0n) is 16.8. The molecule has 0 aromatic heterocycles. The Labute approximate surface area is 163 Å². The summed E-state index contributed by atoms with van der Waals surface area (Å²) in [7, 11) is 0. The number of unbranched alkanes of at least 4 members (excludes halogenated alkanes) is 2. The Hall–Kier alpha value is -0.680. The van der Waals surface area contributed by atoms with Crippen LogP contribution in [0, 0.1) is 17.8 Å². The van der Waals surface area contributed by atoms with Crippen LogP contribution in [0.15, 0.2) is 0 Å². The third-order valence-electron chi connectivity index (χ3n) is 7.70. The van der Waals surface area contributed by atoms with E-state index in [1.165, 1.54) is 32.1 Å². The lowest BCUT2D eigenvalue weighted by molar-refractivity contribution is -0.125. The van der Waals surface area contributed by atoms with E-state index in [0.717, 1.165) is 58.3 Å². The molecular weight excluding hydrogens is 343 g/mol. The molecule has 4 rings (SSSR count). The molecule has 1 aliphatic carbocycles. The number of likely N-dealkylation sites (tertiary alicyclic amines) is 1. The molecule has 0 unspecified atom stereocenters. The summed E-state index contributed by atoms with van der Waals surface area (Å²) in [5, 5.41) is 3.31. The number of hydrogen-bond donors (Lipinski definition) is 1. The highest BCUT2D eigenvalue weighted by Gasteiger charge is 2.62. The molecule has 3 aliphatic heterocycles. The molecule has 4 nitrogen and oxygen atoms in total. The molecule has 0 radical (unpaired) electrons. The molecule has 27 heavy (non-hydrogen) atoms. The highest BCUT2D eigenvalue weighted by atomic mass is 19.1. The fourth-order valence-electron chi connectivity index (χ4n) is 6.24. The summed E-state index contributed by atoms with van der Waals surface area (Å²) >= 11 is 0. The van der Waals surface area contributed by atoms with E-state index >= 15 is 0 Å². The average Bonchev–Trinajstić information content (AvgIpc) is 3.23. The smallest absolute Gasteiger partial charge is 0.223 e. The number of nitrogens with zero attached hydrogens (tertiary/aromatic N) is 1. The number of nitrogens with one attached hydrogen (secondary N) is 1. The first-order chi connectivity index (χ1) is 13.2. The van der Waals surface area contributed by atoms with E-state index < -0.39 is 0 Å². The van der Waals surface area contributed by atoms with Crippen LogP contribution in [0.1, 0.15) is 70.6 Å². The van der Waals surface area contributed by atoms with Gasteiger partial charge in [0.05, 0.1) is 18.4 Å². The van der Waals surface area contributed by atoms with Gasteiger partial charge in [-0.25, -0.2) is 0 Å². The van der Waals surface area contributed by atoms with Crippen molar-refractivity contribution in [2.75, 3.05) is 32.9 Å². The summed E-state index contributed by atoms with van der Waals surface area (Å²) < 4.78 is 18.8. The second-order valence-corrected chi connectivity index (χ2v) is 9.45. The van der Waals surface area contributed by atoms with Crippen LogP contribution in [0.5, 0.6) is 0 Å². The fourth-order valence-corrected chi connectivity index (χ4v) is 6.24. The lowest BCUT2D eigenvalue weighted by Crippen LogP contribution is -2.43. The van der Waals surface area contributed by atoms with Gasteiger partial charge in [0.25, 0.3) is 0 Å². The Balaban J connectivity index is 1.28. The zero-order chi connectivity index (χ0) is 18.7. The van der Waals surface area contributed by atoms with Gasteiger partial charge in [-0.15, -0.1) is 0 Å². The summed E-state index contributed by atoms with van der Waals surface area (Å²) in [6, 6.07) is 0. The van der Waals surface area contributed by atoms with Gasteiger partial charge in [0.1, 0.15) is 0 Å². The van der Waals surface area contributed by atoms with E-state index in [0.29, 0.717) is 24.4 Å². The molecule has 3 heterocycles. The van der Waals surface area contributed by atoms with Gasteiger partial charge < -0.3 is 15.0 Å². The minimum Gasteiger partial charge on any atom is -0.370 e. The summed E-state index contributed by atoms with van der Waals surface area (Å²) in [5.74, 6) is 1.56. The molecule has 0 aromatic carbocycles. The largest absolute Gasteiger partial charge is 0.370 e. The van der Waals surface area contributed by atoms with Crippen LogP contribution >= 0.6 is 0 Å². The summed E-state index contributed by atoms with van der Waals surface area (Å²) in [4.78, 5) is 15.2. The van der Waals surface area contributed by atoms with Crippen LogP contribution in [-0.2, 0) is 9.53 Å². The predicted molar refractivity (Wildman–Crippen MR) is 104 cm³/mol. The maximum atomic E-state index is 12.7. The van der Waals surface area contributed by atoms with Gasteiger partial charge in [-0.1, -0.05) is 25.7 Å². The fraction of sp³-hybridized carbons (Fsp3) is 0.955. The van der Waals surface area contributed by atoms with E-state index in [2.05, 4.69) is 10.2 Å². The number of hydrogen-bond acceptors (Lipinski definition) is 3. The molecule has 1 spiro atoms. The van der Waals surface area contributed by atoms with Crippen molar-refractivity contribution in [1.29, 1.82) is 0 Å². The molecule has 4 atom stereocenters. The van der Waals surface area contributed by atoms with Crippen LogP contribution < -0.4 is 5.32 Å². The average molecular weight is 381 g/mol. The lowest BCUT2D eigenvalue weighted by atomic mass is 9.73. The standard InChI is InChI=1S/C22H37FN2O2/c23-12-6-3-7-13-25-15-19-18(20-10-11-22(19,16-25)27-20)14-24-21(26)17-8-4-1-2-5-9-17/h17-20H,1-16H2,(H,24,26)/t18-,19+,20+,22+/m0/s1. The third kappa shape index (κ3) is 4.19. The van der Waals surface area contributed by atoms with Gasteiger partial charge in [-0.2, -0.15) is 0 Å². The van der Waals surface area contributed by atoms with Gasteiger partial charge in [0.15, 0.2) is 0 Å². The normalized spacial score (nSPS) is 36.7. The van der Waals surface area contributed by atoms with E-state index in [9.17, 15) is 9.18 Å². The van der Waals surface area contributed by atoms with Gasteiger partial charge >= 0.3 is 0 Å². The molecule has 4 fully saturated rings. The van der Waals surface area contributed by atoms with E-state index in [4.69, 9.17) is 4.74 Å². The first-order valence-electron chi connectivity index (χ1n) is 11.5. The van der Waals surface area contributed by atoms with Gasteiger partial charge in [-0.3, -0.25) is 9.18 Å². The van der Waals surface area contributed by atoms with Crippen molar-refractivity contribution in [3.05, 3.63) is 0 Å². The Bertz CT molecular complexity index is 509. The SMILES string of the molecule is O=C(NC[C@H]1[C@H]2CN(CCCCCF)C[C@]23CC[C@H]1O3)C1CCCCCC1. The van der Waals surface area contributed by atoms with Gasteiger partial charge in [-0.05, 0) is 51.5 Å². The molecule has 2 bridgehead atoms. The highest BCUT2D eigenvalue weighted by molar-refractivity contribution is 5.78. The first-order valence-corrected chi connectivity index (χ1v) is 11.5. The second-order valence-electron chi connectivity index (χ2n) is 9.45. The number of rotatable bonds is 8. The van der Waals surface area contributed by atoms with Gasteiger partial charge in [0, 0.05) is 37.4 Å². The molecule has 154 valence electrons. The minimum absolute atomic E-state index is 0.0441. The van der Waals surface area contributed by atoms with Crippen molar-refractivity contribution < 1.29 is 13.9 Å². The summed E-state index contributed by atoms with van der Waals surface area (Å²) in [6.45, 7) is 3.79. The Morgan fingerprint density at radius 3 is 2.70 bits per heavy atom. The van der Waals surface area contributed by atoms with Crippen LogP contribution in [0.2, 0.25) is 0 Å². The molecule has 3 saturated heterocycles. The Morgan fingerprint density at radius 1 is 1.11 bits per heavy atom. The zero-order valence-corrected chi connectivity index (χ0v) is 16.8. The summed E-state index contributed by atoms with van der Waals surface area (Å²) in [6.07, 6.45) is 12.5. The molecule has 1 amide bonds. The molecule has 5 heteroatoms. The monoisotopic (exact) mass is 380 g/mol. The molecule has 0 aromatic rings. The van der Waals surface area contributed by atoms with Crippen molar-refractivity contribution in [2.45, 2.75) is 82.3 Å². The number of alkyl halides is 1. The number of amides is 1. The topological polar surface area (TPSA) is 41.6 Å². The van der Waals surface area contributed by atoms with Crippen molar-refractivity contribution in [1.82, 2.24) is 10.2 Å². The molecule has 1 N–H and O–H groups in total. The number of ether oxygens (including phenoxy) is 1. The van der Waals surface area contributed by atoms with Crippen molar-refractivity contribution in [3.63, 3.8) is 0 Å². The number of fused-ring (bicyclic) bond motifs is 1. The van der Waals surface area contributed by atoms with E-state index in [1.54, 1.807) is 0 Å². The van der Waals surface area contributed by atoms with Crippen molar-refractivity contribution in [3.8, 4) is 0 Å². The van der Waals surface area contributed by atoms with Crippen molar-refractivity contribution >= 4 is 5.91 Å². The lowest BCUT2D eigenvalue weighted by Gasteiger charge is -2.30. The second kappa shape index (κ2) is 8.77. The summed E-state index contributed by atoms with van der Waals surface area (Å²) in [5.41, 5.74) is 0.0441. The Morgan fingerprint density at radius 2 is 1.93 bits per heavy atom. The van der Waals surface area contributed by atoms with Crippen LogP contribution in [0.4, 0.5) is 4.39 Å². The Kier molecular flexibility index (Phi) is 6.38. The molecule has 4 aliphatic rings. The van der Waals surface area contributed by atoms with Crippen molar-refractivity contribution in [2.24, 2.45) is 17.8 Å².